The topological polar surface area (TPSA) is 109 Å². The van der Waals surface area contributed by atoms with Crippen LogP contribution < -0.4 is 5.73 Å². The number of benzene rings is 1. The van der Waals surface area contributed by atoms with Crippen molar-refractivity contribution in [2.45, 2.75) is 26.3 Å². The SMILES string of the molecule is CC(C)(C)N(C#N)C(N)=Nc1ccc([N+](=O)[O-])c(Cl)c1. The molecule has 20 heavy (non-hydrogen) atoms. The molecule has 0 spiro atoms. The molecule has 0 saturated heterocycles. The molecular weight excluding hydrogens is 282 g/mol. The van der Waals surface area contributed by atoms with E-state index in [1.165, 1.54) is 23.1 Å². The average Bonchev–Trinajstić information content (AvgIpc) is 2.27. The van der Waals surface area contributed by atoms with Gasteiger partial charge in [-0.25, -0.2) is 9.89 Å². The first-order valence-corrected chi connectivity index (χ1v) is 6.02. The number of nitro benzene ring substituents is 1. The number of aliphatic imine (C=N–C) groups is 1. The van der Waals surface area contributed by atoms with Gasteiger partial charge in [-0.2, -0.15) is 5.26 Å². The van der Waals surface area contributed by atoms with Crippen molar-refractivity contribution in [2.24, 2.45) is 10.7 Å². The molecule has 0 bridgehead atoms. The molecule has 0 fully saturated rings. The minimum atomic E-state index is -0.587. The zero-order chi connectivity index (χ0) is 15.5. The first-order chi connectivity index (χ1) is 9.16. The van der Waals surface area contributed by atoms with Crippen LogP contribution in [0.4, 0.5) is 11.4 Å². The third kappa shape index (κ3) is 3.59. The Labute approximate surface area is 121 Å². The minimum Gasteiger partial charge on any atom is -0.369 e. The number of guanidine groups is 1. The summed E-state index contributed by atoms with van der Waals surface area (Å²) in [4.78, 5) is 15.4. The first kappa shape index (κ1) is 15.7. The highest BCUT2D eigenvalue weighted by Crippen LogP contribution is 2.28. The second-order valence-electron chi connectivity index (χ2n) is 4.97. The standard InChI is InChI=1S/C12H14ClN5O2/c1-12(2,3)17(7-14)11(15)16-8-4-5-10(18(19)20)9(13)6-8/h4-6H,1-3H3,(H2,15,16). The third-order valence-electron chi connectivity index (χ3n) is 2.37. The van der Waals surface area contributed by atoms with Gasteiger partial charge in [-0.05, 0) is 32.9 Å². The van der Waals surface area contributed by atoms with Crippen LogP contribution in [0.15, 0.2) is 23.2 Å². The summed E-state index contributed by atoms with van der Waals surface area (Å²) < 4.78 is 0. The fraction of sp³-hybridized carbons (Fsp3) is 0.333. The smallest absolute Gasteiger partial charge is 0.288 e. The van der Waals surface area contributed by atoms with Crippen molar-refractivity contribution in [3.63, 3.8) is 0 Å². The molecule has 106 valence electrons. The number of hydrogen-bond donors (Lipinski definition) is 1. The molecule has 1 aromatic carbocycles. The van der Waals surface area contributed by atoms with Gasteiger partial charge in [-0.1, -0.05) is 11.6 Å². The molecule has 0 amide bonds. The van der Waals surface area contributed by atoms with E-state index in [2.05, 4.69) is 4.99 Å². The normalized spacial score (nSPS) is 11.8. The largest absolute Gasteiger partial charge is 0.369 e. The molecular formula is C12H14ClN5O2. The lowest BCUT2D eigenvalue weighted by Gasteiger charge is -2.29. The summed E-state index contributed by atoms with van der Waals surface area (Å²) >= 11 is 5.78. The summed E-state index contributed by atoms with van der Waals surface area (Å²) in [5.41, 5.74) is 5.37. The van der Waals surface area contributed by atoms with Gasteiger partial charge in [0.25, 0.3) is 5.69 Å². The summed E-state index contributed by atoms with van der Waals surface area (Å²) in [6, 6.07) is 3.97. The van der Waals surface area contributed by atoms with Gasteiger partial charge in [-0.3, -0.25) is 10.1 Å². The Morgan fingerprint density at radius 1 is 1.55 bits per heavy atom. The summed E-state index contributed by atoms with van der Waals surface area (Å²) in [5.74, 6) is -0.00933. The van der Waals surface area contributed by atoms with Crippen molar-refractivity contribution >= 4 is 28.9 Å². The number of nitro groups is 1. The summed E-state index contributed by atoms with van der Waals surface area (Å²) in [5, 5.41) is 19.7. The second kappa shape index (κ2) is 5.75. The lowest BCUT2D eigenvalue weighted by molar-refractivity contribution is -0.384. The van der Waals surface area contributed by atoms with E-state index >= 15 is 0 Å². The van der Waals surface area contributed by atoms with Gasteiger partial charge >= 0.3 is 0 Å². The first-order valence-electron chi connectivity index (χ1n) is 5.65. The maximum absolute atomic E-state index is 10.7. The molecule has 1 rings (SSSR count). The molecule has 0 aliphatic carbocycles. The van der Waals surface area contributed by atoms with Gasteiger partial charge in [-0.15, -0.1) is 0 Å². The van der Waals surface area contributed by atoms with Crippen LogP contribution in [0.25, 0.3) is 0 Å². The van der Waals surface area contributed by atoms with E-state index in [1.54, 1.807) is 20.8 Å². The summed E-state index contributed by atoms with van der Waals surface area (Å²) in [6.45, 7) is 5.42. The summed E-state index contributed by atoms with van der Waals surface area (Å²) in [6.07, 6.45) is 1.94. The Hall–Kier alpha value is -2.33. The monoisotopic (exact) mass is 295 g/mol. The number of halogens is 1. The molecule has 0 aliphatic rings. The molecule has 0 atom stereocenters. The van der Waals surface area contributed by atoms with Crippen LogP contribution >= 0.6 is 11.6 Å². The number of nitriles is 1. The van der Waals surface area contributed by atoms with Crippen LogP contribution in [0, 0.1) is 21.6 Å². The van der Waals surface area contributed by atoms with Crippen LogP contribution in [0.3, 0.4) is 0 Å². The highest BCUT2D eigenvalue weighted by Gasteiger charge is 2.23. The van der Waals surface area contributed by atoms with Crippen molar-refractivity contribution in [1.29, 1.82) is 5.26 Å². The Morgan fingerprint density at radius 2 is 2.15 bits per heavy atom. The maximum Gasteiger partial charge on any atom is 0.288 e. The molecule has 0 saturated carbocycles. The second-order valence-corrected chi connectivity index (χ2v) is 5.38. The molecule has 0 aromatic heterocycles. The highest BCUT2D eigenvalue weighted by atomic mass is 35.5. The van der Waals surface area contributed by atoms with Crippen molar-refractivity contribution in [3.05, 3.63) is 33.3 Å². The van der Waals surface area contributed by atoms with Gasteiger partial charge in [0.15, 0.2) is 6.19 Å². The minimum absolute atomic E-state index is 0.00933. The Morgan fingerprint density at radius 3 is 2.55 bits per heavy atom. The number of rotatable bonds is 2. The molecule has 1 aromatic rings. The summed E-state index contributed by atoms with van der Waals surface area (Å²) in [7, 11) is 0. The highest BCUT2D eigenvalue weighted by molar-refractivity contribution is 6.32. The third-order valence-corrected chi connectivity index (χ3v) is 2.67. The van der Waals surface area contributed by atoms with Crippen molar-refractivity contribution in [1.82, 2.24) is 4.90 Å². The maximum atomic E-state index is 10.7. The van der Waals surface area contributed by atoms with Gasteiger partial charge in [0, 0.05) is 11.6 Å². The number of nitrogens with two attached hydrogens (primary N) is 1. The Kier molecular flexibility index (Phi) is 4.53. The molecule has 0 unspecified atom stereocenters. The van der Waals surface area contributed by atoms with Crippen LogP contribution in [0.2, 0.25) is 5.02 Å². The van der Waals surface area contributed by atoms with Crippen LogP contribution in [0.1, 0.15) is 20.8 Å². The molecule has 0 heterocycles. The van der Waals surface area contributed by atoms with E-state index in [4.69, 9.17) is 22.6 Å². The molecule has 0 radical (unpaired) electrons. The van der Waals surface area contributed by atoms with Gasteiger partial charge in [0.2, 0.25) is 5.96 Å². The van der Waals surface area contributed by atoms with E-state index in [-0.39, 0.29) is 16.7 Å². The van der Waals surface area contributed by atoms with E-state index in [0.717, 1.165) is 0 Å². The average molecular weight is 296 g/mol. The lowest BCUT2D eigenvalue weighted by atomic mass is 10.1. The number of hydrogen-bond acceptors (Lipinski definition) is 4. The van der Waals surface area contributed by atoms with E-state index in [9.17, 15) is 10.1 Å². The predicted octanol–water partition coefficient (Wildman–Crippen LogP) is 2.78. The zero-order valence-corrected chi connectivity index (χ0v) is 12.0. The Bertz CT molecular complexity index is 601. The number of nitrogens with zero attached hydrogens (tertiary/aromatic N) is 4. The van der Waals surface area contributed by atoms with E-state index in [1.807, 2.05) is 6.19 Å². The van der Waals surface area contributed by atoms with Gasteiger partial charge in [0.05, 0.1) is 10.6 Å². The van der Waals surface area contributed by atoms with Crippen molar-refractivity contribution < 1.29 is 4.92 Å². The van der Waals surface area contributed by atoms with E-state index in [0.29, 0.717) is 5.69 Å². The zero-order valence-electron chi connectivity index (χ0n) is 11.3. The predicted molar refractivity (Wildman–Crippen MR) is 76.6 cm³/mol. The fourth-order valence-electron chi connectivity index (χ4n) is 1.44. The van der Waals surface area contributed by atoms with Crippen molar-refractivity contribution in [3.8, 4) is 6.19 Å². The van der Waals surface area contributed by atoms with Crippen LogP contribution in [-0.4, -0.2) is 21.3 Å². The van der Waals surface area contributed by atoms with Crippen molar-refractivity contribution in [2.75, 3.05) is 0 Å². The molecule has 2 N–H and O–H groups in total. The lowest BCUT2D eigenvalue weighted by Crippen LogP contribution is -2.45. The quantitative estimate of drug-likeness (QED) is 0.225. The molecule has 8 heteroatoms. The van der Waals surface area contributed by atoms with Crippen LogP contribution in [0.5, 0.6) is 0 Å². The Balaban J connectivity index is 3.15. The van der Waals surface area contributed by atoms with Crippen LogP contribution in [-0.2, 0) is 0 Å². The van der Waals surface area contributed by atoms with Gasteiger partial charge in [0.1, 0.15) is 5.02 Å². The van der Waals surface area contributed by atoms with Gasteiger partial charge < -0.3 is 5.73 Å². The van der Waals surface area contributed by atoms with E-state index < -0.39 is 10.5 Å². The fourth-order valence-corrected chi connectivity index (χ4v) is 1.68. The molecule has 7 nitrogen and oxygen atoms in total. The molecule has 0 aliphatic heterocycles.